The maximum atomic E-state index is 14.1. The molecule has 2 aromatic carbocycles. The van der Waals surface area contributed by atoms with E-state index in [9.17, 15) is 36.0 Å². The van der Waals surface area contributed by atoms with Crippen molar-refractivity contribution in [2.24, 2.45) is 5.92 Å². The number of nitrogens with zero attached hydrogens (tertiary/aromatic N) is 5. The Morgan fingerprint density at radius 3 is 2.30 bits per heavy atom. The van der Waals surface area contributed by atoms with Crippen LogP contribution in [0.5, 0.6) is 0 Å². The summed E-state index contributed by atoms with van der Waals surface area (Å²) in [7, 11) is -1.82. The van der Waals surface area contributed by atoms with Crippen molar-refractivity contribution in [3.8, 4) is 0 Å². The normalized spacial score (nSPS) is 20.7. The van der Waals surface area contributed by atoms with Crippen molar-refractivity contribution >= 4 is 51.0 Å². The van der Waals surface area contributed by atoms with Gasteiger partial charge in [0.1, 0.15) is 0 Å². The molecule has 4 aliphatic heterocycles. The number of para-hydroxylation sites is 1. The van der Waals surface area contributed by atoms with Crippen LogP contribution in [0.2, 0.25) is 5.02 Å². The Morgan fingerprint density at radius 2 is 1.63 bits per heavy atom. The largest absolute Gasteiger partial charge is 0.418 e. The molecule has 4 heterocycles. The molecule has 4 amide bonds. The molecule has 0 spiro atoms. The number of urea groups is 1. The number of carbonyl (C=O) groups excluding carboxylic acids is 3. The number of hydrogen-bond donors (Lipinski definition) is 3. The summed E-state index contributed by atoms with van der Waals surface area (Å²) < 4.78 is 72.1. The summed E-state index contributed by atoms with van der Waals surface area (Å²) >= 11 is 6.13. The van der Waals surface area contributed by atoms with Crippen LogP contribution in [0.3, 0.4) is 0 Å². The maximum absolute atomic E-state index is 14.1. The highest BCUT2D eigenvalue weighted by molar-refractivity contribution is 7.87. The number of anilines is 2. The highest BCUT2D eigenvalue weighted by atomic mass is 35.5. The van der Waals surface area contributed by atoms with Crippen molar-refractivity contribution in [3.05, 3.63) is 58.1 Å². The molecule has 4 N–H and O–H groups in total. The summed E-state index contributed by atoms with van der Waals surface area (Å²) in [5.41, 5.74) is 5.85. The number of likely N-dealkylation sites (tertiary alicyclic amines) is 2. The molecule has 3 saturated heterocycles. The Hall–Kier alpha value is -3.64. The minimum absolute atomic E-state index is 0.0307. The molecule has 6 rings (SSSR count). The SMILES string of the molecule is CN1CCC(NS(=O)(=O)N2CCN(C(=O)[C@H](CC(=O)N3CCC(N4CCc5ccccc5NC4=O)CC3)Cc3cc(Cl)c(N)c(C(F)(F)F)c3)CC2)CC1. The van der Waals surface area contributed by atoms with Gasteiger partial charge in [-0.25, -0.2) is 4.79 Å². The number of rotatable bonds is 9. The van der Waals surface area contributed by atoms with E-state index >= 15 is 0 Å². The minimum Gasteiger partial charge on any atom is -0.397 e. The number of piperazine rings is 1. The van der Waals surface area contributed by atoms with Gasteiger partial charge in [-0.3, -0.25) is 9.59 Å². The molecular weight excluding hydrogens is 749 g/mol. The zero-order chi connectivity index (χ0) is 38.8. The van der Waals surface area contributed by atoms with E-state index in [0.29, 0.717) is 51.7 Å². The first-order valence-corrected chi connectivity index (χ1v) is 20.2. The molecule has 0 bridgehead atoms. The van der Waals surface area contributed by atoms with E-state index in [4.69, 9.17) is 17.3 Å². The second-order valence-electron chi connectivity index (χ2n) is 14.7. The molecule has 0 aromatic heterocycles. The smallest absolute Gasteiger partial charge is 0.397 e. The number of fused-ring (bicyclic) bond motifs is 1. The van der Waals surface area contributed by atoms with Gasteiger partial charge in [0.05, 0.1) is 22.2 Å². The molecule has 54 heavy (non-hydrogen) atoms. The summed E-state index contributed by atoms with van der Waals surface area (Å²) in [4.78, 5) is 48.1. The standard InChI is InChI=1S/C36H48ClF3N8O5S/c1-44-11-7-27(8-12-44)43-54(52,53)47-18-16-46(17-19-47)34(50)26(20-24-21-29(36(38,39)40)33(41)30(37)22-24)23-32(49)45-13-9-28(10-14-45)48-15-6-25-4-2-3-5-31(25)42-35(48)51/h2-5,21-22,26-28,43H,6-20,23,41H2,1H3,(H,42,51)/t26-/m0/s1. The molecule has 13 nitrogen and oxygen atoms in total. The molecule has 2 aromatic rings. The second kappa shape index (κ2) is 16.6. The van der Waals surface area contributed by atoms with Crippen LogP contribution in [-0.4, -0.2) is 128 Å². The average Bonchev–Trinajstić information content (AvgIpc) is 3.31. The molecule has 3 fully saturated rings. The van der Waals surface area contributed by atoms with Crippen LogP contribution in [0.4, 0.5) is 29.3 Å². The number of carbonyl (C=O) groups is 3. The van der Waals surface area contributed by atoms with Crippen molar-refractivity contribution in [3.63, 3.8) is 0 Å². The second-order valence-corrected chi connectivity index (χ2v) is 16.8. The van der Waals surface area contributed by atoms with E-state index in [2.05, 4.69) is 14.9 Å². The summed E-state index contributed by atoms with van der Waals surface area (Å²) in [6.07, 6.45) is -2.16. The van der Waals surface area contributed by atoms with Crippen LogP contribution in [0.25, 0.3) is 0 Å². The topological polar surface area (TPSA) is 152 Å². The van der Waals surface area contributed by atoms with Gasteiger partial charge < -0.3 is 30.7 Å². The number of nitrogens with two attached hydrogens (primary N) is 1. The van der Waals surface area contributed by atoms with Crippen LogP contribution >= 0.6 is 11.6 Å². The quantitative estimate of drug-likeness (QED) is 0.328. The lowest BCUT2D eigenvalue weighted by atomic mass is 9.92. The minimum atomic E-state index is -4.79. The highest BCUT2D eigenvalue weighted by Crippen LogP contribution is 2.38. The number of benzene rings is 2. The first-order valence-electron chi connectivity index (χ1n) is 18.4. The molecule has 1 atom stereocenters. The van der Waals surface area contributed by atoms with Crippen molar-refractivity contribution < 1.29 is 36.0 Å². The monoisotopic (exact) mass is 796 g/mol. The predicted molar refractivity (Wildman–Crippen MR) is 199 cm³/mol. The summed E-state index contributed by atoms with van der Waals surface area (Å²) in [5, 5.41) is 2.67. The highest BCUT2D eigenvalue weighted by Gasteiger charge is 2.38. The number of halogens is 4. The van der Waals surface area contributed by atoms with E-state index < -0.39 is 39.5 Å². The van der Waals surface area contributed by atoms with Crippen molar-refractivity contribution in [2.75, 3.05) is 77.0 Å². The first-order chi connectivity index (χ1) is 25.6. The predicted octanol–water partition coefficient (Wildman–Crippen LogP) is 3.64. The number of piperidine rings is 2. The van der Waals surface area contributed by atoms with Gasteiger partial charge in [0, 0.05) is 70.0 Å². The first kappa shape index (κ1) is 40.0. The molecule has 0 unspecified atom stereocenters. The Morgan fingerprint density at radius 1 is 0.963 bits per heavy atom. The number of nitrogen functional groups attached to an aromatic ring is 1. The van der Waals surface area contributed by atoms with Crippen molar-refractivity contribution in [2.45, 2.75) is 63.2 Å². The Bertz CT molecular complexity index is 1810. The fourth-order valence-electron chi connectivity index (χ4n) is 7.88. The van der Waals surface area contributed by atoms with Crippen molar-refractivity contribution in [1.82, 2.24) is 28.6 Å². The van der Waals surface area contributed by atoms with Crippen molar-refractivity contribution in [1.29, 1.82) is 0 Å². The lowest BCUT2D eigenvalue weighted by molar-refractivity contribution is -0.142. The number of hydrogen-bond acceptors (Lipinski definition) is 7. The average molecular weight is 797 g/mol. The van der Waals surface area contributed by atoms with Crippen LogP contribution in [0.15, 0.2) is 36.4 Å². The summed E-state index contributed by atoms with van der Waals surface area (Å²) in [6, 6.07) is 9.32. The van der Waals surface area contributed by atoms with E-state index in [0.717, 1.165) is 30.4 Å². The van der Waals surface area contributed by atoms with Gasteiger partial charge in [-0.15, -0.1) is 0 Å². The van der Waals surface area contributed by atoms with Gasteiger partial charge in [-0.1, -0.05) is 29.8 Å². The third kappa shape index (κ3) is 9.41. The van der Waals surface area contributed by atoms with Gasteiger partial charge in [-0.2, -0.15) is 30.6 Å². The zero-order valence-electron chi connectivity index (χ0n) is 30.3. The summed E-state index contributed by atoms with van der Waals surface area (Å²) in [6.45, 7) is 2.95. The van der Waals surface area contributed by atoms with E-state index in [-0.39, 0.29) is 73.6 Å². The van der Waals surface area contributed by atoms with Gasteiger partial charge in [-0.05, 0) is 88.0 Å². The summed E-state index contributed by atoms with van der Waals surface area (Å²) in [5.74, 6) is -1.84. The van der Waals surface area contributed by atoms with Crippen LogP contribution < -0.4 is 15.8 Å². The molecule has 4 aliphatic rings. The Labute approximate surface area is 319 Å². The third-order valence-electron chi connectivity index (χ3n) is 11.1. The van der Waals surface area contributed by atoms with Gasteiger partial charge in [0.2, 0.25) is 11.8 Å². The lowest BCUT2D eigenvalue weighted by Gasteiger charge is -2.39. The van der Waals surface area contributed by atoms with Crippen LogP contribution in [0.1, 0.15) is 48.8 Å². The number of amides is 4. The van der Waals surface area contributed by atoms with Gasteiger partial charge >= 0.3 is 12.2 Å². The fourth-order valence-corrected chi connectivity index (χ4v) is 9.57. The van der Waals surface area contributed by atoms with E-state index in [1.165, 1.54) is 15.3 Å². The molecule has 18 heteroatoms. The molecule has 296 valence electrons. The zero-order valence-corrected chi connectivity index (χ0v) is 31.9. The maximum Gasteiger partial charge on any atom is 0.418 e. The van der Waals surface area contributed by atoms with Crippen LogP contribution in [0, 0.1) is 5.92 Å². The van der Waals surface area contributed by atoms with Gasteiger partial charge in [0.15, 0.2) is 0 Å². The van der Waals surface area contributed by atoms with E-state index in [1.54, 1.807) is 9.80 Å². The Balaban J connectivity index is 1.12. The van der Waals surface area contributed by atoms with E-state index in [1.807, 2.05) is 31.3 Å². The molecule has 0 aliphatic carbocycles. The molecule has 0 saturated carbocycles. The molecule has 0 radical (unpaired) electrons. The van der Waals surface area contributed by atoms with Crippen LogP contribution in [-0.2, 0) is 38.8 Å². The fraction of sp³-hybridized carbons (Fsp3) is 0.583. The lowest BCUT2D eigenvalue weighted by Crippen LogP contribution is -2.56. The number of alkyl halides is 3. The number of nitrogens with one attached hydrogen (secondary N) is 2. The van der Waals surface area contributed by atoms with Gasteiger partial charge in [0.25, 0.3) is 10.2 Å². The molecular formula is C36H48ClF3N8O5S. The third-order valence-corrected chi connectivity index (χ3v) is 13.1. The Kier molecular flexibility index (Phi) is 12.3.